The number of benzene rings is 1. The van der Waals surface area contributed by atoms with Crippen LogP contribution in [0.1, 0.15) is 18.4 Å². The summed E-state index contributed by atoms with van der Waals surface area (Å²) in [5, 5.41) is 5.79. The van der Waals surface area contributed by atoms with Gasteiger partial charge < -0.3 is 10.6 Å². The van der Waals surface area contributed by atoms with Crippen molar-refractivity contribution < 1.29 is 9.18 Å². The standard InChI is InChI=1S/C17H24FN3OS/c18-14-8-15(9-14)20-17(22)19-10-16-12-23-7-6-21(16)11-13-4-2-1-3-5-13/h1-5,14-16H,6-12H2,(H2,19,20,22). The number of thioether (sulfide) groups is 1. The number of carbonyl (C=O) groups is 1. The fraction of sp³-hybridized carbons (Fsp3) is 0.588. The highest BCUT2D eigenvalue weighted by atomic mass is 32.2. The Morgan fingerprint density at radius 3 is 2.83 bits per heavy atom. The van der Waals surface area contributed by atoms with Gasteiger partial charge >= 0.3 is 6.03 Å². The second kappa shape index (κ2) is 8.02. The first-order valence-corrected chi connectivity index (χ1v) is 9.40. The van der Waals surface area contributed by atoms with E-state index in [-0.39, 0.29) is 12.1 Å². The summed E-state index contributed by atoms with van der Waals surface area (Å²) in [6.45, 7) is 2.60. The highest BCUT2D eigenvalue weighted by Crippen LogP contribution is 2.23. The molecule has 126 valence electrons. The Morgan fingerprint density at radius 2 is 2.09 bits per heavy atom. The highest BCUT2D eigenvalue weighted by Gasteiger charge is 2.30. The van der Waals surface area contributed by atoms with E-state index in [2.05, 4.69) is 39.8 Å². The van der Waals surface area contributed by atoms with Crippen molar-refractivity contribution in [3.8, 4) is 0 Å². The zero-order valence-electron chi connectivity index (χ0n) is 13.2. The molecule has 0 bridgehead atoms. The lowest BCUT2D eigenvalue weighted by molar-refractivity contribution is 0.154. The molecule has 1 heterocycles. The lowest BCUT2D eigenvalue weighted by Gasteiger charge is -2.36. The van der Waals surface area contributed by atoms with E-state index < -0.39 is 6.17 Å². The molecule has 1 aliphatic heterocycles. The van der Waals surface area contributed by atoms with Gasteiger partial charge in [0.05, 0.1) is 0 Å². The maximum Gasteiger partial charge on any atom is 0.315 e. The summed E-state index contributed by atoms with van der Waals surface area (Å²) in [6, 6.07) is 10.6. The second-order valence-electron chi connectivity index (χ2n) is 6.30. The van der Waals surface area contributed by atoms with E-state index in [0.29, 0.717) is 25.4 Å². The third-order valence-electron chi connectivity index (χ3n) is 4.49. The molecule has 2 amide bonds. The minimum absolute atomic E-state index is 0.00570. The van der Waals surface area contributed by atoms with E-state index in [4.69, 9.17) is 0 Å². The summed E-state index contributed by atoms with van der Waals surface area (Å²) in [4.78, 5) is 14.3. The second-order valence-corrected chi connectivity index (χ2v) is 7.45. The molecule has 1 atom stereocenters. The molecule has 2 N–H and O–H groups in total. The van der Waals surface area contributed by atoms with E-state index in [0.717, 1.165) is 24.6 Å². The first kappa shape index (κ1) is 16.6. The van der Waals surface area contributed by atoms with Crippen molar-refractivity contribution in [3.63, 3.8) is 0 Å². The summed E-state index contributed by atoms with van der Waals surface area (Å²) in [5.41, 5.74) is 1.30. The number of urea groups is 1. The molecule has 0 spiro atoms. The molecule has 6 heteroatoms. The quantitative estimate of drug-likeness (QED) is 0.867. The number of amides is 2. The predicted octanol–water partition coefficient (Wildman–Crippen LogP) is 2.40. The number of hydrogen-bond acceptors (Lipinski definition) is 3. The van der Waals surface area contributed by atoms with Gasteiger partial charge in [-0.05, 0) is 18.4 Å². The number of nitrogens with one attached hydrogen (secondary N) is 2. The maximum atomic E-state index is 12.8. The maximum absolute atomic E-state index is 12.8. The number of nitrogens with zero attached hydrogens (tertiary/aromatic N) is 1. The van der Waals surface area contributed by atoms with Crippen LogP contribution in [0, 0.1) is 0 Å². The van der Waals surface area contributed by atoms with Gasteiger partial charge in [-0.15, -0.1) is 0 Å². The molecule has 0 radical (unpaired) electrons. The average Bonchev–Trinajstić information content (AvgIpc) is 2.54. The summed E-state index contributed by atoms with van der Waals surface area (Å²) in [5.74, 6) is 2.17. The van der Waals surface area contributed by atoms with Crippen LogP contribution in [-0.2, 0) is 6.54 Å². The van der Waals surface area contributed by atoms with Gasteiger partial charge in [0, 0.05) is 43.2 Å². The lowest BCUT2D eigenvalue weighted by Crippen LogP contribution is -2.53. The van der Waals surface area contributed by atoms with Crippen LogP contribution >= 0.6 is 11.8 Å². The minimum Gasteiger partial charge on any atom is -0.337 e. The van der Waals surface area contributed by atoms with E-state index >= 15 is 0 Å². The van der Waals surface area contributed by atoms with Crippen LogP contribution in [0.3, 0.4) is 0 Å². The number of carbonyl (C=O) groups excluding carboxylic acids is 1. The smallest absolute Gasteiger partial charge is 0.315 e. The Labute approximate surface area is 141 Å². The number of alkyl halides is 1. The molecule has 1 aromatic rings. The van der Waals surface area contributed by atoms with Crippen molar-refractivity contribution in [2.45, 2.75) is 37.6 Å². The van der Waals surface area contributed by atoms with Gasteiger partial charge in [-0.25, -0.2) is 9.18 Å². The predicted molar refractivity (Wildman–Crippen MR) is 92.4 cm³/mol. The molecule has 3 rings (SSSR count). The lowest BCUT2D eigenvalue weighted by atomic mass is 9.91. The van der Waals surface area contributed by atoms with Crippen molar-refractivity contribution in [2.75, 3.05) is 24.6 Å². The largest absolute Gasteiger partial charge is 0.337 e. The van der Waals surface area contributed by atoms with Crippen molar-refractivity contribution in [1.29, 1.82) is 0 Å². The summed E-state index contributed by atoms with van der Waals surface area (Å²) in [6.07, 6.45) is 0.163. The molecule has 4 nitrogen and oxygen atoms in total. The van der Waals surface area contributed by atoms with Crippen LogP contribution in [0.2, 0.25) is 0 Å². The van der Waals surface area contributed by atoms with Crippen molar-refractivity contribution in [2.24, 2.45) is 0 Å². The molecule has 1 aromatic carbocycles. The van der Waals surface area contributed by atoms with Crippen LogP contribution in [0.15, 0.2) is 30.3 Å². The van der Waals surface area contributed by atoms with Gasteiger partial charge in [0.1, 0.15) is 6.17 Å². The zero-order chi connectivity index (χ0) is 16.1. The van der Waals surface area contributed by atoms with E-state index in [1.54, 1.807) is 0 Å². The van der Waals surface area contributed by atoms with Crippen molar-refractivity contribution in [1.82, 2.24) is 15.5 Å². The molecule has 0 aromatic heterocycles. The Hall–Kier alpha value is -1.27. The third kappa shape index (κ3) is 4.85. The van der Waals surface area contributed by atoms with Crippen molar-refractivity contribution >= 4 is 17.8 Å². The third-order valence-corrected chi connectivity index (χ3v) is 5.58. The van der Waals surface area contributed by atoms with Gasteiger partial charge in [0.15, 0.2) is 0 Å². The average molecular weight is 337 g/mol. The Kier molecular flexibility index (Phi) is 5.78. The SMILES string of the molecule is O=C(NCC1CSCCN1Cc1ccccc1)NC1CC(F)C1. The number of rotatable bonds is 5. The van der Waals surface area contributed by atoms with Gasteiger partial charge in [0.25, 0.3) is 0 Å². The van der Waals surface area contributed by atoms with Crippen LogP contribution < -0.4 is 10.6 Å². The van der Waals surface area contributed by atoms with Gasteiger partial charge in [-0.3, -0.25) is 4.90 Å². The Morgan fingerprint density at radius 1 is 1.30 bits per heavy atom. The number of halogens is 1. The van der Waals surface area contributed by atoms with Gasteiger partial charge in [-0.1, -0.05) is 30.3 Å². The van der Waals surface area contributed by atoms with Crippen molar-refractivity contribution in [3.05, 3.63) is 35.9 Å². The molecule has 1 saturated heterocycles. The molecule has 2 fully saturated rings. The van der Waals surface area contributed by atoms with Crippen LogP contribution in [0.4, 0.5) is 9.18 Å². The highest BCUT2D eigenvalue weighted by molar-refractivity contribution is 7.99. The van der Waals surface area contributed by atoms with Gasteiger partial charge in [0.2, 0.25) is 0 Å². The molecular weight excluding hydrogens is 313 g/mol. The fourth-order valence-corrected chi connectivity index (χ4v) is 4.15. The molecule has 1 unspecified atom stereocenters. The normalized spacial score (nSPS) is 28.0. The fourth-order valence-electron chi connectivity index (χ4n) is 3.02. The Bertz CT molecular complexity index is 510. The van der Waals surface area contributed by atoms with E-state index in [1.807, 2.05) is 17.8 Å². The summed E-state index contributed by atoms with van der Waals surface area (Å²) < 4.78 is 12.8. The van der Waals surface area contributed by atoms with Crippen LogP contribution in [-0.4, -0.2) is 53.8 Å². The first-order chi connectivity index (χ1) is 11.2. The van der Waals surface area contributed by atoms with E-state index in [1.165, 1.54) is 5.56 Å². The molecule has 2 aliphatic rings. The Balaban J connectivity index is 1.45. The molecule has 1 saturated carbocycles. The topological polar surface area (TPSA) is 44.4 Å². The monoisotopic (exact) mass is 337 g/mol. The molecule has 23 heavy (non-hydrogen) atoms. The van der Waals surface area contributed by atoms with E-state index in [9.17, 15) is 9.18 Å². The first-order valence-electron chi connectivity index (χ1n) is 8.25. The van der Waals surface area contributed by atoms with Gasteiger partial charge in [-0.2, -0.15) is 11.8 Å². The molecule has 1 aliphatic carbocycles. The van der Waals surface area contributed by atoms with Crippen LogP contribution in [0.25, 0.3) is 0 Å². The molecular formula is C17H24FN3OS. The number of hydrogen-bond donors (Lipinski definition) is 2. The zero-order valence-corrected chi connectivity index (χ0v) is 14.0. The summed E-state index contributed by atoms with van der Waals surface area (Å²) >= 11 is 1.94. The minimum atomic E-state index is -0.739. The summed E-state index contributed by atoms with van der Waals surface area (Å²) in [7, 11) is 0. The van der Waals surface area contributed by atoms with Crippen LogP contribution in [0.5, 0.6) is 0 Å².